The lowest BCUT2D eigenvalue weighted by atomic mass is 10.1. The fourth-order valence-corrected chi connectivity index (χ4v) is 2.86. The maximum absolute atomic E-state index is 9.76. The summed E-state index contributed by atoms with van der Waals surface area (Å²) in [6, 6.07) is 23.0. The van der Waals surface area contributed by atoms with E-state index in [0.717, 1.165) is 11.1 Å². The summed E-state index contributed by atoms with van der Waals surface area (Å²) in [4.78, 5) is 0. The molecule has 0 aliphatic rings. The van der Waals surface area contributed by atoms with Gasteiger partial charge in [0.1, 0.15) is 34.4 Å². The predicted molar refractivity (Wildman–Crippen MR) is 120 cm³/mol. The molecular formula is C24H18N4O4. The number of rotatable bonds is 5. The molecular weight excluding hydrogens is 408 g/mol. The molecule has 4 aromatic carbocycles. The van der Waals surface area contributed by atoms with Gasteiger partial charge in [0.2, 0.25) is 0 Å². The highest BCUT2D eigenvalue weighted by molar-refractivity contribution is 5.67. The lowest BCUT2D eigenvalue weighted by molar-refractivity contribution is 0.450. The Kier molecular flexibility index (Phi) is 5.76. The summed E-state index contributed by atoms with van der Waals surface area (Å²) in [6.07, 6.45) is 0. The Morgan fingerprint density at radius 1 is 0.406 bits per heavy atom. The molecule has 0 bridgehead atoms. The Labute approximate surface area is 183 Å². The van der Waals surface area contributed by atoms with E-state index in [1.165, 1.54) is 36.4 Å². The third-order valence-electron chi connectivity index (χ3n) is 4.53. The van der Waals surface area contributed by atoms with Crippen LogP contribution in [-0.4, -0.2) is 20.4 Å². The number of hydrogen-bond acceptors (Lipinski definition) is 8. The SMILES string of the molecule is Oc1ccc(N=Nc2ccc(-c3ccc(N=Nc4ccc(O)cc4O)cc3)cc2)c(O)c1. The van der Waals surface area contributed by atoms with Gasteiger partial charge in [0, 0.05) is 12.1 Å². The maximum atomic E-state index is 9.76. The van der Waals surface area contributed by atoms with Gasteiger partial charge in [-0.05, 0) is 59.7 Å². The van der Waals surface area contributed by atoms with Crippen LogP contribution in [0.3, 0.4) is 0 Å². The third-order valence-corrected chi connectivity index (χ3v) is 4.53. The van der Waals surface area contributed by atoms with Crippen molar-refractivity contribution in [3.8, 4) is 34.1 Å². The molecule has 0 saturated carbocycles. The summed E-state index contributed by atoms with van der Waals surface area (Å²) >= 11 is 0. The minimum atomic E-state index is -0.150. The molecule has 0 aliphatic carbocycles. The van der Waals surface area contributed by atoms with E-state index in [9.17, 15) is 20.4 Å². The second-order valence-corrected chi connectivity index (χ2v) is 6.84. The molecule has 8 heteroatoms. The molecule has 0 aliphatic heterocycles. The first-order valence-corrected chi connectivity index (χ1v) is 9.56. The van der Waals surface area contributed by atoms with E-state index in [4.69, 9.17) is 0 Å². The number of hydrogen-bond donors (Lipinski definition) is 4. The van der Waals surface area contributed by atoms with Crippen molar-refractivity contribution < 1.29 is 20.4 Å². The van der Waals surface area contributed by atoms with E-state index in [-0.39, 0.29) is 34.4 Å². The van der Waals surface area contributed by atoms with E-state index in [0.29, 0.717) is 11.4 Å². The largest absolute Gasteiger partial charge is 0.508 e. The Balaban J connectivity index is 1.45. The van der Waals surface area contributed by atoms with Crippen molar-refractivity contribution in [1.82, 2.24) is 0 Å². The average Bonchev–Trinajstić information content (AvgIpc) is 2.79. The normalized spacial score (nSPS) is 11.4. The van der Waals surface area contributed by atoms with E-state index in [1.807, 2.05) is 24.3 Å². The van der Waals surface area contributed by atoms with Gasteiger partial charge < -0.3 is 20.4 Å². The number of phenols is 4. The second kappa shape index (κ2) is 8.97. The first-order valence-electron chi connectivity index (χ1n) is 9.56. The van der Waals surface area contributed by atoms with Crippen molar-refractivity contribution in [3.05, 3.63) is 84.9 Å². The van der Waals surface area contributed by atoms with Gasteiger partial charge >= 0.3 is 0 Å². The molecule has 4 N–H and O–H groups in total. The molecule has 0 radical (unpaired) electrons. The van der Waals surface area contributed by atoms with Gasteiger partial charge in [-0.3, -0.25) is 0 Å². The first kappa shape index (κ1) is 20.5. The Bertz CT molecular complexity index is 1200. The minimum Gasteiger partial charge on any atom is -0.508 e. The van der Waals surface area contributed by atoms with E-state index in [2.05, 4.69) is 20.5 Å². The Hall–Kier alpha value is -4.72. The molecule has 0 fully saturated rings. The van der Waals surface area contributed by atoms with E-state index < -0.39 is 0 Å². The zero-order valence-corrected chi connectivity index (χ0v) is 16.7. The highest BCUT2D eigenvalue weighted by Gasteiger charge is 2.03. The van der Waals surface area contributed by atoms with Crippen LogP contribution in [-0.2, 0) is 0 Å². The highest BCUT2D eigenvalue weighted by Crippen LogP contribution is 2.33. The number of benzene rings is 4. The van der Waals surface area contributed by atoms with Crippen molar-refractivity contribution in [2.75, 3.05) is 0 Å². The predicted octanol–water partition coefficient (Wildman–Crippen LogP) is 7.01. The van der Waals surface area contributed by atoms with Crippen molar-refractivity contribution in [3.63, 3.8) is 0 Å². The van der Waals surface area contributed by atoms with Crippen molar-refractivity contribution in [2.24, 2.45) is 20.5 Å². The molecule has 0 saturated heterocycles. The Morgan fingerprint density at radius 2 is 0.781 bits per heavy atom. The maximum Gasteiger partial charge on any atom is 0.146 e. The number of nitrogens with zero attached hydrogens (tertiary/aromatic N) is 4. The number of azo groups is 2. The van der Waals surface area contributed by atoms with Crippen molar-refractivity contribution in [2.45, 2.75) is 0 Å². The molecule has 0 amide bonds. The summed E-state index contributed by atoms with van der Waals surface area (Å²) in [6.45, 7) is 0. The van der Waals surface area contributed by atoms with Crippen LogP contribution < -0.4 is 0 Å². The van der Waals surface area contributed by atoms with Crippen LogP contribution in [0.2, 0.25) is 0 Å². The average molecular weight is 426 g/mol. The molecule has 8 nitrogen and oxygen atoms in total. The van der Waals surface area contributed by atoms with Crippen LogP contribution in [0, 0.1) is 0 Å². The van der Waals surface area contributed by atoms with Crippen LogP contribution in [0.1, 0.15) is 0 Å². The zero-order valence-electron chi connectivity index (χ0n) is 16.7. The monoisotopic (exact) mass is 426 g/mol. The van der Waals surface area contributed by atoms with Crippen LogP contribution in [0.15, 0.2) is 105 Å². The van der Waals surface area contributed by atoms with Gasteiger partial charge in [-0.15, -0.1) is 10.2 Å². The van der Waals surface area contributed by atoms with Crippen LogP contribution in [0.25, 0.3) is 11.1 Å². The number of aromatic hydroxyl groups is 4. The van der Waals surface area contributed by atoms with Gasteiger partial charge in [-0.1, -0.05) is 24.3 Å². The van der Waals surface area contributed by atoms with Gasteiger partial charge in [0.15, 0.2) is 0 Å². The number of phenolic OH excluding ortho intramolecular Hbond substituents is 4. The Morgan fingerprint density at radius 3 is 1.12 bits per heavy atom. The lowest BCUT2D eigenvalue weighted by Crippen LogP contribution is -1.76. The zero-order chi connectivity index (χ0) is 22.5. The van der Waals surface area contributed by atoms with Gasteiger partial charge in [0.25, 0.3) is 0 Å². The molecule has 0 heterocycles. The van der Waals surface area contributed by atoms with E-state index in [1.54, 1.807) is 24.3 Å². The molecule has 32 heavy (non-hydrogen) atoms. The van der Waals surface area contributed by atoms with Crippen LogP contribution in [0.5, 0.6) is 23.0 Å². The van der Waals surface area contributed by atoms with Gasteiger partial charge in [0.05, 0.1) is 11.4 Å². The summed E-state index contributed by atoms with van der Waals surface area (Å²) in [5.41, 5.74) is 3.68. The summed E-state index contributed by atoms with van der Waals surface area (Å²) < 4.78 is 0. The summed E-state index contributed by atoms with van der Waals surface area (Å²) in [5.74, 6) is -0.389. The molecule has 4 aromatic rings. The van der Waals surface area contributed by atoms with Crippen LogP contribution in [0.4, 0.5) is 22.7 Å². The van der Waals surface area contributed by atoms with Crippen LogP contribution >= 0.6 is 0 Å². The molecule has 0 atom stereocenters. The summed E-state index contributed by atoms with van der Waals surface area (Å²) in [7, 11) is 0. The van der Waals surface area contributed by atoms with Gasteiger partial charge in [-0.25, -0.2) is 0 Å². The standard InChI is InChI=1S/C24H18N4O4/c29-19-9-11-21(23(31)13-19)27-25-17-5-1-15(2-6-17)16-3-7-18(8-4-16)26-28-22-12-10-20(30)14-24(22)32/h1-14,29-32H. The fourth-order valence-electron chi connectivity index (χ4n) is 2.86. The molecule has 158 valence electrons. The van der Waals surface area contributed by atoms with Crippen molar-refractivity contribution in [1.29, 1.82) is 0 Å². The quantitative estimate of drug-likeness (QED) is 0.256. The molecule has 4 rings (SSSR count). The minimum absolute atomic E-state index is 0.0446. The fraction of sp³-hybridized carbons (Fsp3) is 0. The first-order chi connectivity index (χ1) is 15.5. The smallest absolute Gasteiger partial charge is 0.146 e. The third kappa shape index (κ3) is 4.88. The topological polar surface area (TPSA) is 130 Å². The summed E-state index contributed by atoms with van der Waals surface area (Å²) in [5, 5.41) is 54.4. The molecule has 0 aromatic heterocycles. The second-order valence-electron chi connectivity index (χ2n) is 6.84. The van der Waals surface area contributed by atoms with E-state index >= 15 is 0 Å². The molecule has 0 unspecified atom stereocenters. The van der Waals surface area contributed by atoms with Crippen molar-refractivity contribution >= 4 is 22.7 Å². The highest BCUT2D eigenvalue weighted by atomic mass is 16.3. The molecule has 0 spiro atoms. The lowest BCUT2D eigenvalue weighted by Gasteiger charge is -2.03. The van der Waals surface area contributed by atoms with Gasteiger partial charge in [-0.2, -0.15) is 10.2 Å².